The van der Waals surface area contributed by atoms with Crippen LogP contribution in [0.1, 0.15) is 52.4 Å². The number of hydrogen-bond donors (Lipinski definition) is 3. The molecular weight excluding hydrogens is 406 g/mol. The molecular formula is C20H41N5O6. The van der Waals surface area contributed by atoms with Crippen molar-refractivity contribution < 1.29 is 28.6 Å². The van der Waals surface area contributed by atoms with E-state index < -0.39 is 36.6 Å². The fraction of sp³-hybridized carbons (Fsp3) is 0.850. The Morgan fingerprint density at radius 1 is 0.774 bits per heavy atom. The third-order valence-electron chi connectivity index (χ3n) is 4.61. The quantitative estimate of drug-likeness (QED) is 0.300. The first-order chi connectivity index (χ1) is 14.6. The van der Waals surface area contributed by atoms with Crippen molar-refractivity contribution in [2.75, 3.05) is 40.3 Å². The minimum absolute atomic E-state index is 0.0999. The second-order valence-electron chi connectivity index (χ2n) is 7.76. The molecule has 0 rings (SSSR count). The van der Waals surface area contributed by atoms with Crippen molar-refractivity contribution >= 4 is 18.3 Å². The van der Waals surface area contributed by atoms with Gasteiger partial charge in [-0.25, -0.2) is 14.4 Å². The highest BCUT2D eigenvalue weighted by Crippen LogP contribution is 2.13. The summed E-state index contributed by atoms with van der Waals surface area (Å²) in [6, 6.07) is 0. The molecule has 182 valence electrons. The minimum atomic E-state index is -0.855. The molecule has 11 heteroatoms. The van der Waals surface area contributed by atoms with E-state index in [1.807, 2.05) is 18.7 Å². The van der Waals surface area contributed by atoms with Gasteiger partial charge in [0.2, 0.25) is 0 Å². The molecule has 6 N–H and O–H groups in total. The van der Waals surface area contributed by atoms with Crippen LogP contribution in [0.15, 0.2) is 0 Å². The first kappa shape index (κ1) is 28.7. The SMILES string of the molecule is CCCCC(CN(CC(CCCC)OC(N)=O)CC(CN)OC(=O)N(C)C)OC(N)=O. The Hall–Kier alpha value is -2.27. The number of rotatable bonds is 16. The van der Waals surface area contributed by atoms with E-state index in [2.05, 4.69) is 0 Å². The lowest BCUT2D eigenvalue weighted by atomic mass is 10.1. The Kier molecular flexibility index (Phi) is 15.2. The molecule has 0 aromatic carbocycles. The van der Waals surface area contributed by atoms with Crippen molar-refractivity contribution in [2.24, 2.45) is 17.2 Å². The third-order valence-corrected chi connectivity index (χ3v) is 4.61. The number of nitrogens with two attached hydrogens (primary N) is 3. The second kappa shape index (κ2) is 16.4. The molecule has 0 heterocycles. The van der Waals surface area contributed by atoms with Crippen LogP contribution < -0.4 is 17.2 Å². The Labute approximate surface area is 185 Å². The van der Waals surface area contributed by atoms with Gasteiger partial charge in [-0.2, -0.15) is 0 Å². The van der Waals surface area contributed by atoms with E-state index >= 15 is 0 Å². The molecule has 0 aliphatic carbocycles. The van der Waals surface area contributed by atoms with E-state index in [-0.39, 0.29) is 13.1 Å². The lowest BCUT2D eigenvalue weighted by molar-refractivity contribution is 0.0117. The second-order valence-corrected chi connectivity index (χ2v) is 7.76. The van der Waals surface area contributed by atoms with E-state index in [0.29, 0.717) is 25.9 Å². The summed E-state index contributed by atoms with van der Waals surface area (Å²) in [4.78, 5) is 37.9. The summed E-state index contributed by atoms with van der Waals surface area (Å²) < 4.78 is 16.0. The Morgan fingerprint density at radius 3 is 1.52 bits per heavy atom. The number of carbonyl (C=O) groups is 3. The monoisotopic (exact) mass is 447 g/mol. The highest BCUT2D eigenvalue weighted by Gasteiger charge is 2.26. The zero-order chi connectivity index (χ0) is 23.8. The van der Waals surface area contributed by atoms with Crippen molar-refractivity contribution in [2.45, 2.75) is 70.7 Å². The lowest BCUT2D eigenvalue weighted by Crippen LogP contribution is -2.48. The van der Waals surface area contributed by atoms with Crippen LogP contribution in [0, 0.1) is 0 Å². The summed E-state index contributed by atoms with van der Waals surface area (Å²) in [7, 11) is 3.16. The van der Waals surface area contributed by atoms with Gasteiger partial charge in [0.25, 0.3) is 0 Å². The van der Waals surface area contributed by atoms with Gasteiger partial charge >= 0.3 is 18.3 Å². The summed E-state index contributed by atoms with van der Waals surface area (Å²) in [5, 5.41) is 0. The molecule has 3 unspecified atom stereocenters. The van der Waals surface area contributed by atoms with Crippen molar-refractivity contribution in [3.63, 3.8) is 0 Å². The highest BCUT2D eigenvalue weighted by atomic mass is 16.6. The van der Waals surface area contributed by atoms with Gasteiger partial charge < -0.3 is 36.3 Å². The normalized spacial score (nSPS) is 13.9. The number of primary amides is 2. The predicted molar refractivity (Wildman–Crippen MR) is 117 cm³/mol. The Balaban J connectivity index is 5.48. The summed E-state index contributed by atoms with van der Waals surface area (Å²) in [5.74, 6) is 0. The first-order valence-electron chi connectivity index (χ1n) is 10.8. The zero-order valence-corrected chi connectivity index (χ0v) is 19.4. The van der Waals surface area contributed by atoms with Crippen LogP contribution in [0.3, 0.4) is 0 Å². The predicted octanol–water partition coefficient (Wildman–Crippen LogP) is 1.62. The van der Waals surface area contributed by atoms with Crippen LogP contribution in [-0.2, 0) is 14.2 Å². The van der Waals surface area contributed by atoms with Gasteiger partial charge in [0.05, 0.1) is 0 Å². The van der Waals surface area contributed by atoms with E-state index in [9.17, 15) is 14.4 Å². The molecule has 3 atom stereocenters. The van der Waals surface area contributed by atoms with E-state index in [1.54, 1.807) is 14.1 Å². The molecule has 0 aromatic heterocycles. The number of unbranched alkanes of at least 4 members (excludes halogenated alkanes) is 2. The van der Waals surface area contributed by atoms with Crippen molar-refractivity contribution in [1.29, 1.82) is 0 Å². The molecule has 0 spiro atoms. The molecule has 11 nitrogen and oxygen atoms in total. The number of nitrogens with zero attached hydrogens (tertiary/aromatic N) is 2. The first-order valence-corrected chi connectivity index (χ1v) is 10.8. The zero-order valence-electron chi connectivity index (χ0n) is 19.4. The van der Waals surface area contributed by atoms with Crippen LogP contribution in [0.5, 0.6) is 0 Å². The van der Waals surface area contributed by atoms with Gasteiger partial charge in [0, 0.05) is 40.3 Å². The number of amides is 3. The smallest absolute Gasteiger partial charge is 0.409 e. The Bertz CT molecular complexity index is 504. The number of hydrogen-bond acceptors (Lipinski definition) is 8. The van der Waals surface area contributed by atoms with E-state index in [4.69, 9.17) is 31.4 Å². The Morgan fingerprint density at radius 2 is 1.19 bits per heavy atom. The minimum Gasteiger partial charge on any atom is -0.445 e. The van der Waals surface area contributed by atoms with Crippen LogP contribution in [-0.4, -0.2) is 86.7 Å². The van der Waals surface area contributed by atoms with Gasteiger partial charge in [0.15, 0.2) is 0 Å². The molecule has 0 fully saturated rings. The highest BCUT2D eigenvalue weighted by molar-refractivity contribution is 5.67. The summed E-state index contributed by atoms with van der Waals surface area (Å²) in [6.07, 6.45) is 1.05. The molecule has 0 saturated heterocycles. The molecule has 3 amide bonds. The third kappa shape index (κ3) is 14.4. The topological polar surface area (TPSA) is 163 Å². The van der Waals surface area contributed by atoms with Gasteiger partial charge in [0.1, 0.15) is 18.3 Å². The maximum atomic E-state index is 12.0. The summed E-state index contributed by atoms with van der Waals surface area (Å²) in [5.41, 5.74) is 16.3. The largest absolute Gasteiger partial charge is 0.445 e. The molecule has 0 aromatic rings. The van der Waals surface area contributed by atoms with Gasteiger partial charge in [-0.15, -0.1) is 0 Å². The maximum Gasteiger partial charge on any atom is 0.409 e. The summed E-state index contributed by atoms with van der Waals surface area (Å²) >= 11 is 0. The van der Waals surface area contributed by atoms with Crippen LogP contribution in [0.2, 0.25) is 0 Å². The molecule has 0 bridgehead atoms. The number of ether oxygens (including phenoxy) is 3. The van der Waals surface area contributed by atoms with Crippen LogP contribution in [0.4, 0.5) is 14.4 Å². The molecule has 0 aliphatic rings. The summed E-state index contributed by atoms with van der Waals surface area (Å²) in [6.45, 7) is 5.08. The standard InChI is InChI=1S/C20H41N5O6/c1-5-7-9-15(29-18(22)26)12-25(13-16(10-8-6-2)30-19(23)27)14-17(11-21)31-20(28)24(3)4/h15-17H,5-14,21H2,1-4H3,(H2,22,26)(H2,23,27). The van der Waals surface area contributed by atoms with Gasteiger partial charge in [-0.05, 0) is 25.7 Å². The van der Waals surface area contributed by atoms with E-state index in [0.717, 1.165) is 25.7 Å². The fourth-order valence-electron chi connectivity index (χ4n) is 3.06. The van der Waals surface area contributed by atoms with Crippen LogP contribution in [0.25, 0.3) is 0 Å². The fourth-order valence-corrected chi connectivity index (χ4v) is 3.06. The molecule has 0 saturated carbocycles. The average molecular weight is 448 g/mol. The van der Waals surface area contributed by atoms with Crippen molar-refractivity contribution in [1.82, 2.24) is 9.80 Å². The van der Waals surface area contributed by atoms with Gasteiger partial charge in [-0.3, -0.25) is 4.90 Å². The van der Waals surface area contributed by atoms with Crippen LogP contribution >= 0.6 is 0 Å². The van der Waals surface area contributed by atoms with E-state index in [1.165, 1.54) is 4.90 Å². The van der Waals surface area contributed by atoms with Crippen molar-refractivity contribution in [3.8, 4) is 0 Å². The van der Waals surface area contributed by atoms with Gasteiger partial charge in [-0.1, -0.05) is 26.7 Å². The van der Waals surface area contributed by atoms with Crippen molar-refractivity contribution in [3.05, 3.63) is 0 Å². The molecule has 0 radical (unpaired) electrons. The average Bonchev–Trinajstić information content (AvgIpc) is 2.68. The maximum absolute atomic E-state index is 12.0. The molecule has 0 aliphatic heterocycles. The lowest BCUT2D eigenvalue weighted by Gasteiger charge is -2.32. The molecule has 31 heavy (non-hydrogen) atoms. The number of carbonyl (C=O) groups excluding carboxylic acids is 3.